The van der Waals surface area contributed by atoms with E-state index in [9.17, 15) is 0 Å². The fraction of sp³-hybridized carbons (Fsp3) is 0.786. The molecule has 0 bridgehead atoms. The van der Waals surface area contributed by atoms with Gasteiger partial charge in [0.15, 0.2) is 0 Å². The molecule has 1 heterocycles. The van der Waals surface area contributed by atoms with Crippen molar-refractivity contribution in [2.75, 3.05) is 13.2 Å². The summed E-state index contributed by atoms with van der Waals surface area (Å²) < 4.78 is 5.87. The van der Waals surface area contributed by atoms with Crippen LogP contribution in [0.2, 0.25) is 0 Å². The highest BCUT2D eigenvalue weighted by molar-refractivity contribution is 7.09. The van der Waals surface area contributed by atoms with Crippen LogP contribution in [0.3, 0.4) is 0 Å². The summed E-state index contributed by atoms with van der Waals surface area (Å²) >= 11 is 1.75. The van der Waals surface area contributed by atoms with E-state index in [1.165, 1.54) is 37.1 Å². The molecule has 0 unspecified atom stereocenters. The van der Waals surface area contributed by atoms with Crippen molar-refractivity contribution in [1.29, 1.82) is 0 Å². The Morgan fingerprint density at radius 3 is 2.94 bits per heavy atom. The van der Waals surface area contributed by atoms with E-state index >= 15 is 0 Å². The average molecular weight is 268 g/mol. The molecular formula is C14H24N2OS. The molecule has 1 fully saturated rings. The number of aromatic nitrogens is 1. The van der Waals surface area contributed by atoms with Crippen molar-refractivity contribution in [3.8, 4) is 0 Å². The van der Waals surface area contributed by atoms with Gasteiger partial charge >= 0.3 is 0 Å². The molecule has 0 atom stereocenters. The van der Waals surface area contributed by atoms with E-state index in [0.29, 0.717) is 6.10 Å². The molecule has 1 saturated carbocycles. The second kappa shape index (κ2) is 7.87. The standard InChI is InChI=1S/C14H24N2OS/c1-2-14-16-12(11-18-14)10-15-8-9-17-13-6-4-3-5-7-13/h11,13,15H,2-10H2,1H3. The lowest BCUT2D eigenvalue weighted by Crippen LogP contribution is -2.24. The van der Waals surface area contributed by atoms with Crippen LogP contribution in [0.1, 0.15) is 49.7 Å². The molecule has 0 aromatic carbocycles. The van der Waals surface area contributed by atoms with Crippen molar-refractivity contribution < 1.29 is 4.74 Å². The molecule has 1 aliphatic rings. The summed E-state index contributed by atoms with van der Waals surface area (Å²) in [5.74, 6) is 0. The molecule has 2 rings (SSSR count). The number of hydrogen-bond donors (Lipinski definition) is 1. The second-order valence-electron chi connectivity index (χ2n) is 4.89. The first-order chi connectivity index (χ1) is 8.88. The van der Waals surface area contributed by atoms with Gasteiger partial charge in [0.25, 0.3) is 0 Å². The Bertz CT molecular complexity index is 334. The Hall–Kier alpha value is -0.450. The first-order valence-corrected chi connectivity index (χ1v) is 8.02. The molecule has 3 nitrogen and oxygen atoms in total. The Kier molecular flexibility index (Phi) is 6.11. The molecule has 1 aliphatic carbocycles. The van der Waals surface area contributed by atoms with Gasteiger partial charge in [-0.15, -0.1) is 11.3 Å². The quantitative estimate of drug-likeness (QED) is 0.771. The first kappa shape index (κ1) is 14.0. The molecule has 102 valence electrons. The van der Waals surface area contributed by atoms with Crippen molar-refractivity contribution in [3.05, 3.63) is 16.1 Å². The number of thiazole rings is 1. The maximum Gasteiger partial charge on any atom is 0.0926 e. The lowest BCUT2D eigenvalue weighted by atomic mass is 9.98. The van der Waals surface area contributed by atoms with Gasteiger partial charge in [-0.3, -0.25) is 0 Å². The van der Waals surface area contributed by atoms with Gasteiger partial charge in [-0.05, 0) is 19.3 Å². The monoisotopic (exact) mass is 268 g/mol. The smallest absolute Gasteiger partial charge is 0.0926 e. The summed E-state index contributed by atoms with van der Waals surface area (Å²) in [4.78, 5) is 4.53. The zero-order valence-corrected chi connectivity index (χ0v) is 12.1. The summed E-state index contributed by atoms with van der Waals surface area (Å²) in [6.07, 6.45) is 8.15. The molecule has 0 saturated heterocycles. The Morgan fingerprint density at radius 2 is 2.22 bits per heavy atom. The number of nitrogens with zero attached hydrogens (tertiary/aromatic N) is 1. The predicted octanol–water partition coefficient (Wildman–Crippen LogP) is 3.14. The molecule has 0 aliphatic heterocycles. The fourth-order valence-electron chi connectivity index (χ4n) is 2.34. The molecule has 0 spiro atoms. The SMILES string of the molecule is CCc1nc(CNCCOC2CCCCC2)cs1. The van der Waals surface area contributed by atoms with Crippen LogP contribution in [-0.2, 0) is 17.7 Å². The maximum atomic E-state index is 5.87. The molecule has 0 radical (unpaired) electrons. The summed E-state index contributed by atoms with van der Waals surface area (Å²) in [5.41, 5.74) is 1.16. The van der Waals surface area contributed by atoms with Gasteiger partial charge in [0, 0.05) is 18.5 Å². The van der Waals surface area contributed by atoms with Gasteiger partial charge in [0.1, 0.15) is 0 Å². The van der Waals surface area contributed by atoms with Gasteiger partial charge in [-0.25, -0.2) is 4.98 Å². The van der Waals surface area contributed by atoms with Crippen LogP contribution in [0.25, 0.3) is 0 Å². The number of nitrogens with one attached hydrogen (secondary N) is 1. The van der Waals surface area contributed by atoms with Crippen molar-refractivity contribution >= 4 is 11.3 Å². The summed E-state index contributed by atoms with van der Waals surface area (Å²) in [6.45, 7) is 4.77. The van der Waals surface area contributed by atoms with E-state index in [1.54, 1.807) is 11.3 Å². The minimum atomic E-state index is 0.520. The number of rotatable bonds is 7. The van der Waals surface area contributed by atoms with Gasteiger partial charge in [0.05, 0.1) is 23.4 Å². The number of ether oxygens (including phenoxy) is 1. The largest absolute Gasteiger partial charge is 0.377 e. The van der Waals surface area contributed by atoms with Crippen LogP contribution in [0.15, 0.2) is 5.38 Å². The van der Waals surface area contributed by atoms with E-state index in [-0.39, 0.29) is 0 Å². The van der Waals surface area contributed by atoms with Crippen LogP contribution in [0.4, 0.5) is 0 Å². The van der Waals surface area contributed by atoms with Gasteiger partial charge in [0.2, 0.25) is 0 Å². The van der Waals surface area contributed by atoms with Crippen LogP contribution in [0, 0.1) is 0 Å². The van der Waals surface area contributed by atoms with Gasteiger partial charge < -0.3 is 10.1 Å². The van der Waals surface area contributed by atoms with Gasteiger partial charge in [-0.2, -0.15) is 0 Å². The third-order valence-electron chi connectivity index (χ3n) is 3.39. The third-order valence-corrected chi connectivity index (χ3v) is 4.43. The minimum absolute atomic E-state index is 0.520. The zero-order valence-electron chi connectivity index (χ0n) is 11.3. The summed E-state index contributed by atoms with van der Waals surface area (Å²) in [7, 11) is 0. The molecule has 18 heavy (non-hydrogen) atoms. The third kappa shape index (κ3) is 4.67. The molecule has 1 N–H and O–H groups in total. The van der Waals surface area contributed by atoms with E-state index < -0.39 is 0 Å². The number of aryl methyl sites for hydroxylation is 1. The van der Waals surface area contributed by atoms with Crippen molar-refractivity contribution in [2.45, 2.75) is 58.1 Å². The molecule has 4 heteroatoms. The van der Waals surface area contributed by atoms with Crippen LogP contribution in [0.5, 0.6) is 0 Å². The first-order valence-electron chi connectivity index (χ1n) is 7.14. The second-order valence-corrected chi connectivity index (χ2v) is 5.84. The number of hydrogen-bond acceptors (Lipinski definition) is 4. The van der Waals surface area contributed by atoms with Crippen molar-refractivity contribution in [2.24, 2.45) is 0 Å². The fourth-order valence-corrected chi connectivity index (χ4v) is 3.08. The van der Waals surface area contributed by atoms with Crippen LogP contribution >= 0.6 is 11.3 Å². The molecule has 1 aromatic rings. The van der Waals surface area contributed by atoms with Crippen LogP contribution in [-0.4, -0.2) is 24.2 Å². The Labute approximate surface area is 114 Å². The lowest BCUT2D eigenvalue weighted by Gasteiger charge is -2.21. The van der Waals surface area contributed by atoms with E-state index in [0.717, 1.165) is 31.8 Å². The van der Waals surface area contributed by atoms with E-state index in [2.05, 4.69) is 22.6 Å². The molecular weight excluding hydrogens is 244 g/mol. The lowest BCUT2D eigenvalue weighted by molar-refractivity contribution is 0.0302. The Balaban J connectivity index is 1.52. The maximum absolute atomic E-state index is 5.87. The van der Waals surface area contributed by atoms with E-state index in [4.69, 9.17) is 4.74 Å². The van der Waals surface area contributed by atoms with E-state index in [1.807, 2.05) is 0 Å². The summed E-state index contributed by atoms with van der Waals surface area (Å²) in [6, 6.07) is 0. The highest BCUT2D eigenvalue weighted by Gasteiger charge is 2.12. The highest BCUT2D eigenvalue weighted by atomic mass is 32.1. The molecule has 0 amide bonds. The normalized spacial score (nSPS) is 17.2. The van der Waals surface area contributed by atoms with Crippen molar-refractivity contribution in [3.63, 3.8) is 0 Å². The average Bonchev–Trinajstić information content (AvgIpc) is 2.87. The Morgan fingerprint density at radius 1 is 1.39 bits per heavy atom. The minimum Gasteiger partial charge on any atom is -0.377 e. The van der Waals surface area contributed by atoms with Crippen molar-refractivity contribution in [1.82, 2.24) is 10.3 Å². The molecule has 1 aromatic heterocycles. The summed E-state index contributed by atoms with van der Waals surface area (Å²) in [5, 5.41) is 6.77. The zero-order chi connectivity index (χ0) is 12.6. The highest BCUT2D eigenvalue weighted by Crippen LogP contribution is 2.19. The van der Waals surface area contributed by atoms with Crippen LogP contribution < -0.4 is 5.32 Å². The predicted molar refractivity (Wildman–Crippen MR) is 76.0 cm³/mol. The topological polar surface area (TPSA) is 34.2 Å². The van der Waals surface area contributed by atoms with Gasteiger partial charge in [-0.1, -0.05) is 26.2 Å².